The van der Waals surface area contributed by atoms with Gasteiger partial charge in [0.1, 0.15) is 0 Å². The lowest BCUT2D eigenvalue weighted by atomic mass is 9.96. The molecule has 0 saturated carbocycles. The summed E-state index contributed by atoms with van der Waals surface area (Å²) in [5, 5.41) is 2.95. The molecule has 2 heterocycles. The van der Waals surface area contributed by atoms with Crippen LogP contribution in [0, 0.1) is 0 Å². The summed E-state index contributed by atoms with van der Waals surface area (Å²) in [4.78, 5) is 19.2. The van der Waals surface area contributed by atoms with E-state index < -0.39 is 20.2 Å². The van der Waals surface area contributed by atoms with Crippen LogP contribution in [0.3, 0.4) is 0 Å². The van der Waals surface area contributed by atoms with Crippen LogP contribution in [0.1, 0.15) is 24.1 Å². The average molecular weight is 560 g/mol. The van der Waals surface area contributed by atoms with Gasteiger partial charge in [-0.1, -0.05) is 30.0 Å². The highest BCUT2D eigenvalue weighted by atomic mass is 32.2. The van der Waals surface area contributed by atoms with Crippen molar-refractivity contribution in [2.75, 3.05) is 51.1 Å². The quantitative estimate of drug-likeness (QED) is 0.470. The van der Waals surface area contributed by atoms with Gasteiger partial charge in [0.05, 0.1) is 12.5 Å². The van der Waals surface area contributed by atoms with E-state index in [0.29, 0.717) is 18.6 Å². The highest BCUT2D eigenvalue weighted by Gasteiger charge is 2.29. The molecule has 0 spiro atoms. The van der Waals surface area contributed by atoms with Gasteiger partial charge in [0.2, 0.25) is 5.91 Å². The van der Waals surface area contributed by atoms with Crippen molar-refractivity contribution in [2.24, 2.45) is 0 Å². The second-order valence-electron chi connectivity index (χ2n) is 8.67. The molecule has 1 amide bonds. The Morgan fingerprint density at radius 2 is 1.50 bits per heavy atom. The molecule has 200 valence electrons. The maximum absolute atomic E-state index is 11.5. The van der Waals surface area contributed by atoms with Gasteiger partial charge in [0.15, 0.2) is 0 Å². The Morgan fingerprint density at radius 3 is 2.06 bits per heavy atom. The Kier molecular flexibility index (Phi) is 10.9. The third-order valence-corrected chi connectivity index (χ3v) is 6.48. The third kappa shape index (κ3) is 11.4. The Morgan fingerprint density at radius 1 is 0.944 bits per heavy atom. The molecule has 3 N–H and O–H groups in total. The predicted molar refractivity (Wildman–Crippen MR) is 142 cm³/mol. The van der Waals surface area contributed by atoms with E-state index in [1.807, 2.05) is 17.8 Å². The number of anilines is 1. The lowest BCUT2D eigenvalue weighted by Crippen LogP contribution is -2.46. The molecule has 36 heavy (non-hydrogen) atoms. The minimum absolute atomic E-state index is 0.0225. The number of nitrogens with zero attached hydrogens (tertiary/aromatic N) is 2. The van der Waals surface area contributed by atoms with Crippen molar-refractivity contribution in [3.63, 3.8) is 0 Å². The SMILES string of the molecule is CC(=O)Nc1ccc2c(c1)C(N1CCN(C)CC1)Cc1ccccc1S2.CS(=O)(=O)O.CS(=O)(=O)O. The zero-order valence-electron chi connectivity index (χ0n) is 20.7. The maximum atomic E-state index is 11.5. The molecule has 1 saturated heterocycles. The van der Waals surface area contributed by atoms with E-state index in [2.05, 4.69) is 58.6 Å². The first-order valence-corrected chi connectivity index (χ1v) is 15.6. The summed E-state index contributed by atoms with van der Waals surface area (Å²) < 4.78 is 51.7. The van der Waals surface area contributed by atoms with Crippen LogP contribution in [-0.2, 0) is 31.5 Å². The zero-order chi connectivity index (χ0) is 27.1. The molecule has 1 atom stereocenters. The number of amides is 1. The fraction of sp³-hybridized carbons (Fsp3) is 0.435. The Bertz CT molecular complexity index is 1210. The first kappa shape index (κ1) is 30.2. The van der Waals surface area contributed by atoms with Crippen LogP contribution in [0.4, 0.5) is 5.69 Å². The van der Waals surface area contributed by atoms with E-state index in [0.717, 1.165) is 38.3 Å². The fourth-order valence-corrected chi connectivity index (χ4v) is 4.97. The molecule has 2 aliphatic heterocycles. The molecule has 1 fully saturated rings. The number of hydrogen-bond donors (Lipinski definition) is 3. The molecule has 13 heteroatoms. The van der Waals surface area contributed by atoms with Gasteiger partial charge in [0, 0.05) is 54.6 Å². The van der Waals surface area contributed by atoms with E-state index >= 15 is 0 Å². The number of likely N-dealkylation sites (N-methyl/N-ethyl adjacent to an activating group) is 1. The van der Waals surface area contributed by atoms with Crippen molar-refractivity contribution in [1.29, 1.82) is 0 Å². The van der Waals surface area contributed by atoms with Crippen LogP contribution in [-0.4, -0.2) is 87.4 Å². The van der Waals surface area contributed by atoms with Gasteiger partial charge >= 0.3 is 0 Å². The predicted octanol–water partition coefficient (Wildman–Crippen LogP) is 2.65. The van der Waals surface area contributed by atoms with Gasteiger partial charge in [-0.2, -0.15) is 16.8 Å². The van der Waals surface area contributed by atoms with E-state index in [4.69, 9.17) is 9.11 Å². The number of piperazine rings is 1. The smallest absolute Gasteiger partial charge is 0.261 e. The van der Waals surface area contributed by atoms with Gasteiger partial charge in [-0.15, -0.1) is 0 Å². The summed E-state index contributed by atoms with van der Waals surface area (Å²) in [7, 11) is -5.14. The largest absolute Gasteiger partial charge is 0.326 e. The van der Waals surface area contributed by atoms with Crippen LogP contribution < -0.4 is 5.32 Å². The van der Waals surface area contributed by atoms with Gasteiger partial charge in [0.25, 0.3) is 20.2 Å². The van der Waals surface area contributed by atoms with Crippen molar-refractivity contribution >= 4 is 43.6 Å². The van der Waals surface area contributed by atoms with Crippen LogP contribution >= 0.6 is 11.8 Å². The summed E-state index contributed by atoms with van der Waals surface area (Å²) in [6.07, 6.45) is 2.45. The third-order valence-electron chi connectivity index (χ3n) is 5.27. The molecule has 2 aliphatic rings. The van der Waals surface area contributed by atoms with Crippen molar-refractivity contribution < 1.29 is 30.7 Å². The number of hydrogen-bond acceptors (Lipinski definition) is 8. The van der Waals surface area contributed by atoms with Crippen LogP contribution in [0.25, 0.3) is 0 Å². The monoisotopic (exact) mass is 559 g/mol. The molecule has 0 bridgehead atoms. The van der Waals surface area contributed by atoms with E-state index in [-0.39, 0.29) is 5.91 Å². The summed E-state index contributed by atoms with van der Waals surface area (Å²) in [5.74, 6) is -0.0225. The molecule has 0 aliphatic carbocycles. The maximum Gasteiger partial charge on any atom is 0.261 e. The molecule has 4 rings (SSSR count). The molecule has 1 unspecified atom stereocenters. The molecular weight excluding hydrogens is 526 g/mol. The highest BCUT2D eigenvalue weighted by Crippen LogP contribution is 2.43. The highest BCUT2D eigenvalue weighted by molar-refractivity contribution is 7.99. The molecular formula is C23H33N3O7S3. The van der Waals surface area contributed by atoms with Gasteiger partial charge in [-0.3, -0.25) is 18.8 Å². The summed E-state index contributed by atoms with van der Waals surface area (Å²) in [6.45, 7) is 5.93. The van der Waals surface area contributed by atoms with E-state index in [1.165, 1.54) is 20.9 Å². The first-order chi connectivity index (χ1) is 16.6. The van der Waals surface area contributed by atoms with Crippen molar-refractivity contribution in [3.05, 3.63) is 53.6 Å². The second-order valence-corrected chi connectivity index (χ2v) is 12.7. The number of carbonyl (C=O) groups excluding carboxylic acids is 1. The van der Waals surface area contributed by atoms with Crippen molar-refractivity contribution in [1.82, 2.24) is 9.80 Å². The van der Waals surface area contributed by atoms with E-state index in [1.54, 1.807) is 6.92 Å². The molecule has 0 aromatic heterocycles. The number of fused-ring (bicyclic) bond motifs is 2. The topological polar surface area (TPSA) is 144 Å². The lowest BCUT2D eigenvalue weighted by Gasteiger charge is -2.38. The molecule has 2 aromatic rings. The lowest BCUT2D eigenvalue weighted by molar-refractivity contribution is -0.114. The number of rotatable bonds is 2. The van der Waals surface area contributed by atoms with Gasteiger partial charge in [-0.05, 0) is 48.9 Å². The second kappa shape index (κ2) is 13.0. The normalized spacial score (nSPS) is 18.2. The van der Waals surface area contributed by atoms with Gasteiger partial charge in [-0.25, -0.2) is 0 Å². The minimum atomic E-state index is -3.67. The first-order valence-electron chi connectivity index (χ1n) is 11.0. The van der Waals surface area contributed by atoms with Crippen LogP contribution in [0.2, 0.25) is 0 Å². The molecule has 0 radical (unpaired) electrons. The summed E-state index contributed by atoms with van der Waals surface area (Å²) >= 11 is 1.85. The average Bonchev–Trinajstić information content (AvgIpc) is 2.88. The summed E-state index contributed by atoms with van der Waals surface area (Å²) in [6, 6.07) is 15.4. The fourth-order valence-electron chi connectivity index (χ4n) is 3.85. The number of nitrogens with one attached hydrogen (secondary N) is 1. The van der Waals surface area contributed by atoms with Gasteiger partial charge < -0.3 is 10.2 Å². The van der Waals surface area contributed by atoms with Crippen LogP contribution in [0.15, 0.2) is 52.3 Å². The standard InChI is InChI=1S/C21H25N3OS.2CH4O3S/c1-15(25)22-17-7-8-21-18(14-17)19(24-11-9-23(2)10-12-24)13-16-5-3-4-6-20(16)26-21;2*1-5(2,3)4/h3-8,14,19H,9-13H2,1-2H3,(H,22,25);2*1H3,(H,2,3,4). The Hall–Kier alpha value is -2.00. The Labute approximate surface area is 217 Å². The number of carbonyl (C=O) groups is 1. The number of benzene rings is 2. The minimum Gasteiger partial charge on any atom is -0.326 e. The van der Waals surface area contributed by atoms with Crippen molar-refractivity contribution in [3.8, 4) is 0 Å². The molecule has 2 aromatic carbocycles. The van der Waals surface area contributed by atoms with Crippen LogP contribution in [0.5, 0.6) is 0 Å². The summed E-state index contributed by atoms with van der Waals surface area (Å²) in [5.41, 5.74) is 3.64. The molecule has 10 nitrogen and oxygen atoms in total. The zero-order valence-corrected chi connectivity index (χ0v) is 23.2. The Balaban J connectivity index is 0.000000389. The van der Waals surface area contributed by atoms with Crippen molar-refractivity contribution in [2.45, 2.75) is 29.2 Å². The van der Waals surface area contributed by atoms with E-state index in [9.17, 15) is 21.6 Å².